The van der Waals surface area contributed by atoms with Crippen molar-refractivity contribution in [3.63, 3.8) is 0 Å². The molecular formula is C28H31N3O7S. The summed E-state index contributed by atoms with van der Waals surface area (Å²) in [5.74, 6) is 1.84. The Morgan fingerprint density at radius 2 is 1.95 bits per heavy atom. The van der Waals surface area contributed by atoms with Crippen LogP contribution in [-0.2, 0) is 14.3 Å². The summed E-state index contributed by atoms with van der Waals surface area (Å²) in [6, 6.07) is 8.36. The summed E-state index contributed by atoms with van der Waals surface area (Å²) in [7, 11) is 1.56. The first-order valence-electron chi connectivity index (χ1n) is 12.9. The molecule has 206 valence electrons. The number of carbonyl (C=O) groups excluding carboxylic acids is 1. The molecule has 10 nitrogen and oxygen atoms in total. The second-order valence-electron chi connectivity index (χ2n) is 8.92. The molecule has 0 aliphatic carbocycles. The number of morpholine rings is 1. The number of fused-ring (bicyclic) bond motifs is 1. The SMILES string of the molecule is CCOC(=O)C1=C(C)N=c2sc(=Cc3ccc(N4CCOCC4)o3)c(=O)n2C1c1ccc(OC)c(OCC)c1. The van der Waals surface area contributed by atoms with Gasteiger partial charge >= 0.3 is 5.97 Å². The Labute approximate surface area is 229 Å². The van der Waals surface area contributed by atoms with E-state index < -0.39 is 12.0 Å². The standard InChI is InChI=1S/C28H31N3O7S/c1-5-36-21-15-18(7-9-20(21)34-4)25-24(27(33)37-6-2)17(3)29-28-31(25)26(32)22(39-28)16-19-8-10-23(38-19)30-11-13-35-14-12-30/h7-10,15-16,25H,5-6,11-14H2,1-4H3. The average molecular weight is 554 g/mol. The third-order valence-corrected chi connectivity index (χ3v) is 7.51. The Bertz CT molecular complexity index is 1580. The van der Waals surface area contributed by atoms with Gasteiger partial charge in [0.2, 0.25) is 0 Å². The van der Waals surface area contributed by atoms with Crippen LogP contribution in [0.2, 0.25) is 0 Å². The minimum absolute atomic E-state index is 0.198. The first-order valence-corrected chi connectivity index (χ1v) is 13.7. The fourth-order valence-corrected chi connectivity index (χ4v) is 5.77. The molecule has 3 aromatic rings. The maximum absolute atomic E-state index is 13.9. The number of carbonyl (C=O) groups is 1. The zero-order valence-corrected chi connectivity index (χ0v) is 23.2. The number of benzene rings is 1. The lowest BCUT2D eigenvalue weighted by Gasteiger charge is -2.26. The van der Waals surface area contributed by atoms with Crippen LogP contribution in [0.15, 0.2) is 55.8 Å². The Kier molecular flexibility index (Phi) is 7.89. The predicted molar refractivity (Wildman–Crippen MR) is 146 cm³/mol. The summed E-state index contributed by atoms with van der Waals surface area (Å²) < 4.78 is 30.1. The predicted octanol–water partition coefficient (Wildman–Crippen LogP) is 2.64. The number of furan rings is 1. The number of hydrogen-bond donors (Lipinski definition) is 0. The summed E-state index contributed by atoms with van der Waals surface area (Å²) in [4.78, 5) is 34.2. The number of allylic oxidation sites excluding steroid dienone is 1. The number of esters is 1. The highest BCUT2D eigenvalue weighted by molar-refractivity contribution is 7.07. The number of methoxy groups -OCH3 is 1. The van der Waals surface area contributed by atoms with Crippen LogP contribution in [0.4, 0.5) is 5.88 Å². The Morgan fingerprint density at radius 3 is 2.67 bits per heavy atom. The van der Waals surface area contributed by atoms with Crippen molar-refractivity contribution < 1.29 is 28.2 Å². The van der Waals surface area contributed by atoms with E-state index in [1.165, 1.54) is 11.3 Å². The van der Waals surface area contributed by atoms with Gasteiger partial charge in [-0.25, -0.2) is 9.79 Å². The Balaban J connectivity index is 1.63. The molecule has 1 fully saturated rings. The number of rotatable bonds is 8. The fourth-order valence-electron chi connectivity index (χ4n) is 4.74. The number of ether oxygens (including phenoxy) is 4. The van der Waals surface area contributed by atoms with Crippen molar-refractivity contribution in [2.24, 2.45) is 4.99 Å². The summed E-state index contributed by atoms with van der Waals surface area (Å²) in [5, 5.41) is 0. The maximum Gasteiger partial charge on any atom is 0.338 e. The average Bonchev–Trinajstić information content (AvgIpc) is 3.53. The Hall–Kier alpha value is -3.83. The molecule has 2 aromatic heterocycles. The monoisotopic (exact) mass is 553 g/mol. The number of anilines is 1. The molecule has 1 aromatic carbocycles. The van der Waals surface area contributed by atoms with E-state index in [1.54, 1.807) is 43.7 Å². The van der Waals surface area contributed by atoms with Gasteiger partial charge in [-0.2, -0.15) is 0 Å². The molecule has 2 aliphatic heterocycles. The lowest BCUT2D eigenvalue weighted by atomic mass is 9.95. The minimum atomic E-state index is -0.756. The van der Waals surface area contributed by atoms with Gasteiger partial charge in [0, 0.05) is 25.2 Å². The molecule has 0 spiro atoms. The van der Waals surface area contributed by atoms with E-state index >= 15 is 0 Å². The second kappa shape index (κ2) is 11.5. The molecule has 0 saturated carbocycles. The number of thiazole rings is 1. The van der Waals surface area contributed by atoms with Gasteiger partial charge in [0.05, 0.1) is 55.4 Å². The molecule has 0 bridgehead atoms. The van der Waals surface area contributed by atoms with Gasteiger partial charge in [-0.05, 0) is 44.5 Å². The highest BCUT2D eigenvalue weighted by atomic mass is 32.1. The molecule has 11 heteroatoms. The first kappa shape index (κ1) is 26.8. The molecule has 0 amide bonds. The minimum Gasteiger partial charge on any atom is -0.493 e. The van der Waals surface area contributed by atoms with E-state index in [-0.39, 0.29) is 12.2 Å². The van der Waals surface area contributed by atoms with Crippen LogP contribution in [0.5, 0.6) is 11.5 Å². The second-order valence-corrected chi connectivity index (χ2v) is 9.93. The summed E-state index contributed by atoms with van der Waals surface area (Å²) in [6.45, 7) is 8.79. The van der Waals surface area contributed by atoms with Gasteiger partial charge in [0.25, 0.3) is 5.56 Å². The Morgan fingerprint density at radius 1 is 1.15 bits per heavy atom. The highest BCUT2D eigenvalue weighted by Crippen LogP contribution is 2.36. The summed E-state index contributed by atoms with van der Waals surface area (Å²) in [6.07, 6.45) is 1.72. The zero-order valence-electron chi connectivity index (χ0n) is 22.4. The molecule has 1 unspecified atom stereocenters. The third kappa shape index (κ3) is 5.24. The molecule has 1 saturated heterocycles. The van der Waals surface area contributed by atoms with Gasteiger partial charge in [-0.3, -0.25) is 9.36 Å². The fraction of sp³-hybridized carbons (Fsp3) is 0.393. The van der Waals surface area contributed by atoms with Crippen molar-refractivity contribution in [3.05, 3.63) is 72.6 Å². The molecule has 39 heavy (non-hydrogen) atoms. The van der Waals surface area contributed by atoms with Crippen LogP contribution in [-0.4, -0.2) is 57.2 Å². The van der Waals surface area contributed by atoms with Crippen molar-refractivity contribution >= 4 is 29.3 Å². The van der Waals surface area contributed by atoms with Crippen LogP contribution in [0, 0.1) is 0 Å². The number of hydrogen-bond acceptors (Lipinski definition) is 10. The maximum atomic E-state index is 13.9. The molecular weight excluding hydrogens is 522 g/mol. The van der Waals surface area contributed by atoms with E-state index in [0.29, 0.717) is 63.2 Å². The van der Waals surface area contributed by atoms with Crippen LogP contribution < -0.4 is 29.3 Å². The normalized spacial score (nSPS) is 17.6. The number of aromatic nitrogens is 1. The van der Waals surface area contributed by atoms with Gasteiger partial charge in [-0.1, -0.05) is 17.4 Å². The van der Waals surface area contributed by atoms with E-state index in [0.717, 1.165) is 19.0 Å². The smallest absolute Gasteiger partial charge is 0.338 e. The molecule has 0 radical (unpaired) electrons. The van der Waals surface area contributed by atoms with E-state index in [9.17, 15) is 9.59 Å². The summed E-state index contributed by atoms with van der Waals surface area (Å²) in [5.41, 5.74) is 1.19. The molecule has 0 N–H and O–H groups in total. The molecule has 5 rings (SSSR count). The zero-order chi connectivity index (χ0) is 27.5. The van der Waals surface area contributed by atoms with Gasteiger partial charge in [0.15, 0.2) is 22.2 Å². The van der Waals surface area contributed by atoms with Crippen LogP contribution >= 0.6 is 11.3 Å². The topological polar surface area (TPSA) is 105 Å². The van der Waals surface area contributed by atoms with Crippen molar-refractivity contribution in [3.8, 4) is 11.5 Å². The van der Waals surface area contributed by atoms with Crippen LogP contribution in [0.25, 0.3) is 6.08 Å². The van der Waals surface area contributed by atoms with E-state index in [2.05, 4.69) is 9.89 Å². The molecule has 1 atom stereocenters. The number of nitrogens with zero attached hydrogens (tertiary/aromatic N) is 3. The quantitative estimate of drug-likeness (QED) is 0.392. The van der Waals surface area contributed by atoms with Crippen molar-refractivity contribution in [2.75, 3.05) is 51.5 Å². The molecule has 4 heterocycles. The largest absolute Gasteiger partial charge is 0.493 e. The van der Waals surface area contributed by atoms with Crippen molar-refractivity contribution in [1.29, 1.82) is 0 Å². The van der Waals surface area contributed by atoms with Gasteiger partial charge in [0.1, 0.15) is 5.76 Å². The third-order valence-electron chi connectivity index (χ3n) is 6.53. The van der Waals surface area contributed by atoms with E-state index in [1.807, 2.05) is 25.1 Å². The molecule has 2 aliphatic rings. The van der Waals surface area contributed by atoms with Crippen molar-refractivity contribution in [2.45, 2.75) is 26.8 Å². The lowest BCUT2D eigenvalue weighted by molar-refractivity contribution is -0.139. The van der Waals surface area contributed by atoms with Crippen LogP contribution in [0.1, 0.15) is 38.1 Å². The van der Waals surface area contributed by atoms with Gasteiger partial charge in [-0.15, -0.1) is 0 Å². The van der Waals surface area contributed by atoms with Gasteiger partial charge < -0.3 is 28.3 Å². The highest BCUT2D eigenvalue weighted by Gasteiger charge is 2.34. The summed E-state index contributed by atoms with van der Waals surface area (Å²) >= 11 is 1.25. The van der Waals surface area contributed by atoms with E-state index in [4.69, 9.17) is 23.4 Å². The van der Waals surface area contributed by atoms with Crippen molar-refractivity contribution in [1.82, 2.24) is 4.57 Å². The lowest BCUT2D eigenvalue weighted by Crippen LogP contribution is -2.40. The van der Waals surface area contributed by atoms with Crippen LogP contribution in [0.3, 0.4) is 0 Å². The first-order chi connectivity index (χ1) is 18.9.